The molecule has 0 aliphatic heterocycles. The molecular formula is C19H18BrN3O3. The molecule has 26 heavy (non-hydrogen) atoms. The second-order valence-corrected chi connectivity index (χ2v) is 6.41. The average Bonchev–Trinajstić information content (AvgIpc) is 3.05. The van der Waals surface area contributed by atoms with Crippen LogP contribution >= 0.6 is 15.9 Å². The summed E-state index contributed by atoms with van der Waals surface area (Å²) in [5.74, 6) is 1.00. The summed E-state index contributed by atoms with van der Waals surface area (Å²) in [4.78, 5) is 15.3. The second kappa shape index (κ2) is 8.05. The zero-order valence-corrected chi connectivity index (χ0v) is 16.0. The smallest absolute Gasteiger partial charge is 0.244 e. The van der Waals surface area contributed by atoms with Gasteiger partial charge in [-0.25, -0.2) is 5.43 Å². The summed E-state index contributed by atoms with van der Waals surface area (Å²) in [6.07, 6.45) is 3.65. The zero-order valence-electron chi connectivity index (χ0n) is 14.4. The zero-order chi connectivity index (χ0) is 18.5. The molecule has 3 aromatic rings. The standard InChI is InChI=1S/C19H18BrN3O3/c1-25-17-7-13(15(20)9-18(17)26-2)11-22-23-19(24)8-12-10-21-16-6-4-3-5-14(12)16/h3-7,9-11,21H,8H2,1-2H3,(H,23,24). The van der Waals surface area contributed by atoms with Gasteiger partial charge in [0.15, 0.2) is 11.5 Å². The van der Waals surface area contributed by atoms with Gasteiger partial charge >= 0.3 is 0 Å². The molecule has 0 bridgehead atoms. The van der Waals surface area contributed by atoms with Crippen LogP contribution < -0.4 is 14.9 Å². The van der Waals surface area contributed by atoms with Crippen molar-refractivity contribution in [3.63, 3.8) is 0 Å². The minimum absolute atomic E-state index is 0.192. The average molecular weight is 416 g/mol. The van der Waals surface area contributed by atoms with E-state index in [1.165, 1.54) is 0 Å². The lowest BCUT2D eigenvalue weighted by molar-refractivity contribution is -0.120. The SMILES string of the molecule is COc1cc(Br)c(C=NNC(=O)Cc2c[nH]c3ccccc23)cc1OC. The number of aromatic nitrogens is 1. The third-order valence-corrected chi connectivity index (χ3v) is 4.61. The van der Waals surface area contributed by atoms with Crippen LogP contribution in [-0.4, -0.2) is 31.3 Å². The highest BCUT2D eigenvalue weighted by Crippen LogP contribution is 2.32. The molecule has 1 heterocycles. The van der Waals surface area contributed by atoms with Crippen LogP contribution in [0.2, 0.25) is 0 Å². The van der Waals surface area contributed by atoms with Crippen LogP contribution in [0.3, 0.4) is 0 Å². The van der Waals surface area contributed by atoms with E-state index in [0.717, 1.165) is 26.5 Å². The van der Waals surface area contributed by atoms with Gasteiger partial charge in [0, 0.05) is 27.1 Å². The minimum Gasteiger partial charge on any atom is -0.493 e. The summed E-state index contributed by atoms with van der Waals surface area (Å²) in [6, 6.07) is 11.4. The van der Waals surface area contributed by atoms with E-state index in [0.29, 0.717) is 11.5 Å². The fraction of sp³-hybridized carbons (Fsp3) is 0.158. The lowest BCUT2D eigenvalue weighted by Crippen LogP contribution is -2.19. The van der Waals surface area contributed by atoms with Crippen molar-refractivity contribution in [3.05, 3.63) is 58.2 Å². The number of H-pyrrole nitrogens is 1. The van der Waals surface area contributed by atoms with Gasteiger partial charge in [-0.2, -0.15) is 5.10 Å². The molecule has 0 aliphatic rings. The van der Waals surface area contributed by atoms with Crippen LogP contribution in [-0.2, 0) is 11.2 Å². The number of carbonyl (C=O) groups excluding carboxylic acids is 1. The topological polar surface area (TPSA) is 75.7 Å². The number of aromatic amines is 1. The number of carbonyl (C=O) groups is 1. The maximum atomic E-state index is 12.2. The van der Waals surface area contributed by atoms with Gasteiger partial charge in [-0.1, -0.05) is 18.2 Å². The molecule has 0 spiro atoms. The highest BCUT2D eigenvalue weighted by Gasteiger charge is 2.09. The van der Waals surface area contributed by atoms with E-state index in [2.05, 4.69) is 31.4 Å². The molecule has 1 aromatic heterocycles. The first-order valence-electron chi connectivity index (χ1n) is 7.90. The summed E-state index contributed by atoms with van der Waals surface area (Å²) in [7, 11) is 3.14. The summed E-state index contributed by atoms with van der Waals surface area (Å²) in [6.45, 7) is 0. The number of benzene rings is 2. The van der Waals surface area contributed by atoms with Gasteiger partial charge in [0.25, 0.3) is 0 Å². The van der Waals surface area contributed by atoms with Crippen LogP contribution in [0.25, 0.3) is 10.9 Å². The first kappa shape index (κ1) is 18.0. The van der Waals surface area contributed by atoms with Crippen molar-refractivity contribution in [2.75, 3.05) is 14.2 Å². The van der Waals surface area contributed by atoms with Gasteiger partial charge in [0.2, 0.25) is 5.91 Å². The van der Waals surface area contributed by atoms with Gasteiger partial charge < -0.3 is 14.5 Å². The molecule has 0 aliphatic carbocycles. The first-order valence-corrected chi connectivity index (χ1v) is 8.70. The Labute approximate surface area is 159 Å². The number of ether oxygens (including phenoxy) is 2. The molecule has 3 rings (SSSR count). The first-order chi connectivity index (χ1) is 12.6. The largest absolute Gasteiger partial charge is 0.493 e. The predicted molar refractivity (Wildman–Crippen MR) is 105 cm³/mol. The van der Waals surface area contributed by atoms with Crippen LogP contribution in [0.5, 0.6) is 11.5 Å². The molecule has 0 saturated heterocycles. The highest BCUT2D eigenvalue weighted by molar-refractivity contribution is 9.10. The summed E-state index contributed by atoms with van der Waals surface area (Å²) < 4.78 is 11.3. The number of nitrogens with one attached hydrogen (secondary N) is 2. The normalized spacial score (nSPS) is 11.0. The maximum Gasteiger partial charge on any atom is 0.244 e. The quantitative estimate of drug-likeness (QED) is 0.476. The number of rotatable bonds is 6. The van der Waals surface area contributed by atoms with E-state index in [4.69, 9.17) is 9.47 Å². The Morgan fingerprint density at radius 2 is 1.96 bits per heavy atom. The van der Waals surface area contributed by atoms with Crippen LogP contribution in [0.1, 0.15) is 11.1 Å². The van der Waals surface area contributed by atoms with Crippen molar-refractivity contribution < 1.29 is 14.3 Å². The number of hydrogen-bond acceptors (Lipinski definition) is 4. The van der Waals surface area contributed by atoms with Gasteiger partial charge in [-0.3, -0.25) is 4.79 Å². The highest BCUT2D eigenvalue weighted by atomic mass is 79.9. The van der Waals surface area contributed by atoms with E-state index in [1.807, 2.05) is 30.5 Å². The lowest BCUT2D eigenvalue weighted by Gasteiger charge is -2.09. The fourth-order valence-corrected chi connectivity index (χ4v) is 3.06. The van der Waals surface area contributed by atoms with Gasteiger partial charge in [-0.05, 0) is 39.7 Å². The molecule has 1 amide bonds. The van der Waals surface area contributed by atoms with Crippen molar-refractivity contribution in [2.24, 2.45) is 5.10 Å². The lowest BCUT2D eigenvalue weighted by atomic mass is 10.1. The summed E-state index contributed by atoms with van der Waals surface area (Å²) in [5.41, 5.74) is 5.25. The van der Waals surface area contributed by atoms with Crippen molar-refractivity contribution in [1.29, 1.82) is 0 Å². The molecule has 0 atom stereocenters. The Kier molecular flexibility index (Phi) is 5.58. The third kappa shape index (κ3) is 3.88. The van der Waals surface area contributed by atoms with Gasteiger partial charge in [0.05, 0.1) is 26.9 Å². The molecule has 0 radical (unpaired) electrons. The van der Waals surface area contributed by atoms with Gasteiger partial charge in [-0.15, -0.1) is 0 Å². The van der Waals surface area contributed by atoms with Crippen LogP contribution in [0.15, 0.2) is 52.2 Å². The Morgan fingerprint density at radius 1 is 1.23 bits per heavy atom. The molecule has 7 heteroatoms. The fourth-order valence-electron chi connectivity index (χ4n) is 2.63. The number of nitrogens with zero attached hydrogens (tertiary/aromatic N) is 1. The number of fused-ring (bicyclic) bond motifs is 1. The Balaban J connectivity index is 1.67. The van der Waals surface area contributed by atoms with Crippen LogP contribution in [0.4, 0.5) is 0 Å². The molecular weight excluding hydrogens is 398 g/mol. The number of amides is 1. The van der Waals surface area contributed by atoms with Crippen molar-refractivity contribution in [1.82, 2.24) is 10.4 Å². The van der Waals surface area contributed by atoms with E-state index in [1.54, 1.807) is 32.6 Å². The Morgan fingerprint density at radius 3 is 2.73 bits per heavy atom. The summed E-state index contributed by atoms with van der Waals surface area (Å²) in [5, 5.41) is 5.07. The van der Waals surface area contributed by atoms with Crippen LogP contribution in [0, 0.1) is 0 Å². The van der Waals surface area contributed by atoms with Crippen molar-refractivity contribution in [2.45, 2.75) is 6.42 Å². The number of hydrazone groups is 1. The number of methoxy groups -OCH3 is 2. The van der Waals surface area contributed by atoms with E-state index < -0.39 is 0 Å². The van der Waals surface area contributed by atoms with E-state index in [-0.39, 0.29) is 12.3 Å². The summed E-state index contributed by atoms with van der Waals surface area (Å²) >= 11 is 3.45. The van der Waals surface area contributed by atoms with Gasteiger partial charge in [0.1, 0.15) is 0 Å². The molecule has 2 aromatic carbocycles. The molecule has 0 saturated carbocycles. The van der Waals surface area contributed by atoms with E-state index >= 15 is 0 Å². The second-order valence-electron chi connectivity index (χ2n) is 5.56. The molecule has 2 N–H and O–H groups in total. The number of hydrogen-bond donors (Lipinski definition) is 2. The molecule has 0 fully saturated rings. The molecule has 134 valence electrons. The van der Waals surface area contributed by atoms with Crippen molar-refractivity contribution >= 4 is 39.0 Å². The van der Waals surface area contributed by atoms with E-state index in [9.17, 15) is 4.79 Å². The predicted octanol–water partition coefficient (Wildman–Crippen LogP) is 3.64. The monoisotopic (exact) mass is 415 g/mol. The Bertz CT molecular complexity index is 966. The molecule has 6 nitrogen and oxygen atoms in total. The number of para-hydroxylation sites is 1. The molecule has 0 unspecified atom stereocenters. The maximum absolute atomic E-state index is 12.2. The minimum atomic E-state index is -0.192. The number of halogens is 1. The Hall–Kier alpha value is -2.80. The van der Waals surface area contributed by atoms with Crippen molar-refractivity contribution in [3.8, 4) is 11.5 Å². The third-order valence-electron chi connectivity index (χ3n) is 3.92.